The zero-order valence-corrected chi connectivity index (χ0v) is 11.4. The molecule has 1 heterocycles. The molecule has 1 aromatic heterocycles. The van der Waals surface area contributed by atoms with Gasteiger partial charge < -0.3 is 11.1 Å². The number of thiazole rings is 1. The molecule has 3 N–H and O–H groups in total. The fraction of sp³-hybridized carbons (Fsp3) is 0.636. The lowest BCUT2D eigenvalue weighted by molar-refractivity contribution is -0.119. The molecule has 2 unspecified atom stereocenters. The minimum atomic E-state index is 0. The summed E-state index contributed by atoms with van der Waals surface area (Å²) in [6.07, 6.45) is 5.44. The second-order valence-electron chi connectivity index (χ2n) is 4.24. The van der Waals surface area contributed by atoms with Crippen LogP contribution < -0.4 is 11.1 Å². The van der Waals surface area contributed by atoms with Gasteiger partial charge in [-0.3, -0.25) is 4.79 Å². The Balaban J connectivity index is 0.00000144. The molecule has 6 heteroatoms. The van der Waals surface area contributed by atoms with Gasteiger partial charge >= 0.3 is 0 Å². The fourth-order valence-corrected chi connectivity index (χ4v) is 2.75. The first kappa shape index (κ1) is 14.4. The van der Waals surface area contributed by atoms with Crippen molar-refractivity contribution in [2.45, 2.75) is 38.6 Å². The van der Waals surface area contributed by atoms with E-state index in [0.717, 1.165) is 25.7 Å². The summed E-state index contributed by atoms with van der Waals surface area (Å²) in [5.74, 6) is 0.147. The molecule has 0 spiro atoms. The van der Waals surface area contributed by atoms with E-state index in [2.05, 4.69) is 17.2 Å². The Labute approximate surface area is 111 Å². The van der Waals surface area contributed by atoms with E-state index in [1.54, 1.807) is 11.3 Å². The summed E-state index contributed by atoms with van der Waals surface area (Å²) in [7, 11) is 0. The summed E-state index contributed by atoms with van der Waals surface area (Å²) < 4.78 is 0. The van der Waals surface area contributed by atoms with Gasteiger partial charge in [-0.1, -0.05) is 6.92 Å². The van der Waals surface area contributed by atoms with Crippen molar-refractivity contribution in [3.05, 3.63) is 11.1 Å². The molecule has 2 rings (SSSR count). The number of carbonyl (C=O) groups is 1. The molecule has 4 nitrogen and oxygen atoms in total. The third-order valence-electron chi connectivity index (χ3n) is 2.98. The number of halogens is 1. The third-order valence-corrected chi connectivity index (χ3v) is 4.03. The molecule has 2 atom stereocenters. The van der Waals surface area contributed by atoms with Crippen LogP contribution in [0.15, 0.2) is 6.20 Å². The highest BCUT2D eigenvalue weighted by Crippen LogP contribution is 2.26. The van der Waals surface area contributed by atoms with Crippen LogP contribution in [0, 0.1) is 5.92 Å². The first-order chi connectivity index (χ1) is 7.69. The van der Waals surface area contributed by atoms with Gasteiger partial charge in [0.1, 0.15) is 0 Å². The normalized spacial score (nSPS) is 23.2. The predicted molar refractivity (Wildman–Crippen MR) is 72.7 cm³/mol. The number of aromatic nitrogens is 1. The van der Waals surface area contributed by atoms with Crippen LogP contribution in [0.2, 0.25) is 0 Å². The number of rotatable bonds is 3. The molecular weight excluding hydrogens is 258 g/mol. The van der Waals surface area contributed by atoms with E-state index in [9.17, 15) is 4.79 Å². The first-order valence-corrected chi connectivity index (χ1v) is 6.52. The Hall–Kier alpha value is -0.650. The van der Waals surface area contributed by atoms with Crippen LogP contribution in [0.1, 0.15) is 31.1 Å². The second-order valence-corrected chi connectivity index (χ2v) is 5.36. The molecule has 1 fully saturated rings. The summed E-state index contributed by atoms with van der Waals surface area (Å²) in [6, 6.07) is 0.193. The van der Waals surface area contributed by atoms with Crippen molar-refractivity contribution in [2.24, 2.45) is 11.7 Å². The van der Waals surface area contributed by atoms with Gasteiger partial charge in [0.05, 0.1) is 0 Å². The maximum atomic E-state index is 11.9. The highest BCUT2D eigenvalue weighted by atomic mass is 35.5. The Morgan fingerprint density at radius 2 is 2.41 bits per heavy atom. The number of carbonyl (C=O) groups excluding carboxylic acids is 1. The molecule has 0 aliphatic heterocycles. The molecule has 17 heavy (non-hydrogen) atoms. The van der Waals surface area contributed by atoms with E-state index in [1.807, 2.05) is 6.20 Å². The van der Waals surface area contributed by atoms with E-state index >= 15 is 0 Å². The standard InChI is InChI=1S/C11H17N3OS.ClH/c1-2-9-6-13-11(16-9)14-10(15)7-3-4-8(12)5-7;/h6-8H,2-5,12H2,1H3,(H,13,14,15);1H. The quantitative estimate of drug-likeness (QED) is 0.889. The van der Waals surface area contributed by atoms with E-state index < -0.39 is 0 Å². The molecule has 96 valence electrons. The second kappa shape index (κ2) is 6.33. The van der Waals surface area contributed by atoms with Crippen molar-refractivity contribution >= 4 is 34.8 Å². The van der Waals surface area contributed by atoms with Crippen LogP contribution in [-0.2, 0) is 11.2 Å². The van der Waals surface area contributed by atoms with E-state index in [4.69, 9.17) is 5.73 Å². The number of nitrogens with zero attached hydrogens (tertiary/aromatic N) is 1. The van der Waals surface area contributed by atoms with Gasteiger partial charge in [-0.05, 0) is 25.7 Å². The number of amides is 1. The molecule has 1 aliphatic carbocycles. The van der Waals surface area contributed by atoms with Gasteiger partial charge in [0.15, 0.2) is 5.13 Å². The van der Waals surface area contributed by atoms with Crippen LogP contribution in [-0.4, -0.2) is 16.9 Å². The zero-order valence-electron chi connectivity index (χ0n) is 9.81. The Morgan fingerprint density at radius 1 is 1.65 bits per heavy atom. The number of aryl methyl sites for hydroxylation is 1. The maximum absolute atomic E-state index is 11.9. The van der Waals surface area contributed by atoms with Crippen molar-refractivity contribution in [3.63, 3.8) is 0 Å². The molecule has 0 aromatic carbocycles. The average molecular weight is 276 g/mol. The van der Waals surface area contributed by atoms with Gasteiger partial charge in [0, 0.05) is 23.0 Å². The minimum Gasteiger partial charge on any atom is -0.328 e. The zero-order chi connectivity index (χ0) is 11.5. The van der Waals surface area contributed by atoms with Gasteiger partial charge in [-0.2, -0.15) is 0 Å². The molecular formula is C11H18ClN3OS. The topological polar surface area (TPSA) is 68.0 Å². The molecule has 0 bridgehead atoms. The van der Waals surface area contributed by atoms with Crippen LogP contribution >= 0.6 is 23.7 Å². The molecule has 1 saturated carbocycles. The number of nitrogens with two attached hydrogens (primary N) is 1. The highest BCUT2D eigenvalue weighted by molar-refractivity contribution is 7.15. The van der Waals surface area contributed by atoms with Crippen molar-refractivity contribution in [1.29, 1.82) is 0 Å². The van der Waals surface area contributed by atoms with Crippen molar-refractivity contribution in [1.82, 2.24) is 4.98 Å². The number of hydrogen-bond acceptors (Lipinski definition) is 4. The van der Waals surface area contributed by atoms with Crippen molar-refractivity contribution < 1.29 is 4.79 Å². The number of nitrogens with one attached hydrogen (secondary N) is 1. The first-order valence-electron chi connectivity index (χ1n) is 5.70. The maximum Gasteiger partial charge on any atom is 0.229 e. The number of anilines is 1. The lowest BCUT2D eigenvalue weighted by atomic mass is 10.1. The van der Waals surface area contributed by atoms with Crippen molar-refractivity contribution in [3.8, 4) is 0 Å². The Bertz CT molecular complexity index is 383. The van der Waals surface area contributed by atoms with Gasteiger partial charge in [0.25, 0.3) is 0 Å². The predicted octanol–water partition coefficient (Wildman–Crippen LogP) is 2.19. The SMILES string of the molecule is CCc1cnc(NC(=O)C2CCC(N)C2)s1.Cl. The number of hydrogen-bond donors (Lipinski definition) is 2. The third kappa shape index (κ3) is 3.66. The van der Waals surface area contributed by atoms with E-state index in [0.29, 0.717) is 5.13 Å². The molecule has 1 aromatic rings. The largest absolute Gasteiger partial charge is 0.328 e. The van der Waals surface area contributed by atoms with E-state index in [-0.39, 0.29) is 30.3 Å². The van der Waals surface area contributed by atoms with Gasteiger partial charge in [0.2, 0.25) is 5.91 Å². The smallest absolute Gasteiger partial charge is 0.229 e. The average Bonchev–Trinajstić information content (AvgIpc) is 2.87. The Kier molecular flexibility index (Phi) is 5.36. The molecule has 0 saturated heterocycles. The monoisotopic (exact) mass is 275 g/mol. The summed E-state index contributed by atoms with van der Waals surface area (Å²) in [6.45, 7) is 2.08. The molecule has 1 aliphatic rings. The minimum absolute atomic E-state index is 0. The summed E-state index contributed by atoms with van der Waals surface area (Å²) in [5.41, 5.74) is 5.79. The summed E-state index contributed by atoms with van der Waals surface area (Å²) >= 11 is 1.55. The van der Waals surface area contributed by atoms with Crippen LogP contribution in [0.3, 0.4) is 0 Å². The van der Waals surface area contributed by atoms with Crippen LogP contribution in [0.4, 0.5) is 5.13 Å². The lowest BCUT2D eigenvalue weighted by Crippen LogP contribution is -2.23. The fourth-order valence-electron chi connectivity index (χ4n) is 1.99. The van der Waals surface area contributed by atoms with Crippen LogP contribution in [0.5, 0.6) is 0 Å². The summed E-state index contributed by atoms with van der Waals surface area (Å²) in [5, 5.41) is 3.58. The highest BCUT2D eigenvalue weighted by Gasteiger charge is 2.28. The van der Waals surface area contributed by atoms with Crippen LogP contribution in [0.25, 0.3) is 0 Å². The Morgan fingerprint density at radius 3 is 2.94 bits per heavy atom. The van der Waals surface area contributed by atoms with Crippen molar-refractivity contribution in [2.75, 3.05) is 5.32 Å². The lowest BCUT2D eigenvalue weighted by Gasteiger charge is -2.07. The van der Waals surface area contributed by atoms with E-state index in [1.165, 1.54) is 4.88 Å². The summed E-state index contributed by atoms with van der Waals surface area (Å²) in [4.78, 5) is 17.2. The molecule has 1 amide bonds. The molecule has 0 radical (unpaired) electrons. The van der Waals surface area contributed by atoms with Gasteiger partial charge in [-0.15, -0.1) is 23.7 Å². The van der Waals surface area contributed by atoms with Gasteiger partial charge in [-0.25, -0.2) is 4.98 Å².